The molecule has 0 saturated carbocycles. The fourth-order valence-electron chi connectivity index (χ4n) is 1.56. The summed E-state index contributed by atoms with van der Waals surface area (Å²) in [7, 11) is 0. The predicted octanol–water partition coefficient (Wildman–Crippen LogP) is 2.31. The maximum atomic E-state index is 5.95. The zero-order valence-electron chi connectivity index (χ0n) is 8.62. The van der Waals surface area contributed by atoms with Gasteiger partial charge in [0.25, 0.3) is 0 Å². The third-order valence-corrected chi connectivity index (χ3v) is 2.02. The molecule has 1 aromatic rings. The zero-order valence-corrected chi connectivity index (χ0v) is 8.62. The highest BCUT2D eigenvalue weighted by Gasteiger charge is 2.17. The molecule has 13 heavy (non-hydrogen) atoms. The number of rotatable bonds is 3. The molecule has 1 atom stereocenters. The summed E-state index contributed by atoms with van der Waals surface area (Å²) < 4.78 is 0. The summed E-state index contributed by atoms with van der Waals surface area (Å²) in [5.41, 5.74) is 6.96. The van der Waals surface area contributed by atoms with Gasteiger partial charge in [-0.15, -0.1) is 0 Å². The molecule has 1 aromatic heterocycles. The van der Waals surface area contributed by atoms with E-state index in [1.807, 2.05) is 32.2 Å². The third-order valence-electron chi connectivity index (χ3n) is 2.02. The zero-order chi connectivity index (χ0) is 9.90. The summed E-state index contributed by atoms with van der Waals surface area (Å²) in [5, 5.41) is 0. The second kappa shape index (κ2) is 3.88. The van der Waals surface area contributed by atoms with Crippen LogP contribution >= 0.6 is 0 Å². The summed E-state index contributed by atoms with van der Waals surface area (Å²) >= 11 is 0. The molecule has 0 aromatic carbocycles. The highest BCUT2D eigenvalue weighted by atomic mass is 14.7. The summed E-state index contributed by atoms with van der Waals surface area (Å²) in [6, 6.07) is 6.00. The van der Waals surface area contributed by atoms with Gasteiger partial charge in [-0.05, 0) is 32.4 Å². The first-order chi connectivity index (χ1) is 5.99. The molecule has 0 saturated heterocycles. The smallest absolute Gasteiger partial charge is 0.0432 e. The maximum absolute atomic E-state index is 5.95. The van der Waals surface area contributed by atoms with Crippen LogP contribution in [0.2, 0.25) is 0 Å². The first-order valence-electron chi connectivity index (χ1n) is 4.69. The number of hydrogen-bond acceptors (Lipinski definition) is 2. The Morgan fingerprint density at radius 2 is 2.15 bits per heavy atom. The van der Waals surface area contributed by atoms with Gasteiger partial charge in [0, 0.05) is 23.3 Å². The van der Waals surface area contributed by atoms with Crippen molar-refractivity contribution in [2.75, 3.05) is 0 Å². The lowest BCUT2D eigenvalue weighted by Crippen LogP contribution is -2.33. The molecule has 72 valence electrons. The number of pyridine rings is 1. The van der Waals surface area contributed by atoms with Gasteiger partial charge in [0.2, 0.25) is 0 Å². The van der Waals surface area contributed by atoms with Crippen molar-refractivity contribution >= 4 is 0 Å². The van der Waals surface area contributed by atoms with Crippen molar-refractivity contribution in [1.82, 2.24) is 4.98 Å². The Balaban J connectivity index is 2.64. The van der Waals surface area contributed by atoms with E-state index < -0.39 is 0 Å². The van der Waals surface area contributed by atoms with Crippen LogP contribution in [0.25, 0.3) is 0 Å². The van der Waals surface area contributed by atoms with E-state index in [1.165, 1.54) is 0 Å². The number of hydrogen-bond donors (Lipinski definition) is 1. The highest BCUT2D eigenvalue weighted by molar-refractivity contribution is 5.09. The van der Waals surface area contributed by atoms with Gasteiger partial charge >= 0.3 is 0 Å². The van der Waals surface area contributed by atoms with E-state index >= 15 is 0 Å². The molecule has 0 aliphatic carbocycles. The number of nitrogens with zero attached hydrogens (tertiary/aromatic N) is 1. The largest absolute Gasteiger partial charge is 0.326 e. The lowest BCUT2D eigenvalue weighted by molar-refractivity contribution is 0.433. The van der Waals surface area contributed by atoms with E-state index in [9.17, 15) is 0 Å². The van der Waals surface area contributed by atoms with Crippen LogP contribution in [0.4, 0.5) is 0 Å². The van der Waals surface area contributed by atoms with Gasteiger partial charge in [0.1, 0.15) is 0 Å². The van der Waals surface area contributed by atoms with E-state index in [2.05, 4.69) is 18.0 Å². The second-order valence-electron chi connectivity index (χ2n) is 4.35. The Labute approximate surface area is 80.2 Å². The summed E-state index contributed by atoms with van der Waals surface area (Å²) in [4.78, 5) is 4.31. The molecule has 2 nitrogen and oxygen atoms in total. The van der Waals surface area contributed by atoms with Crippen LogP contribution < -0.4 is 5.73 Å². The minimum atomic E-state index is -0.114. The minimum absolute atomic E-state index is 0.114. The first-order valence-corrected chi connectivity index (χ1v) is 4.69. The van der Waals surface area contributed by atoms with Gasteiger partial charge in [-0.1, -0.05) is 13.0 Å². The van der Waals surface area contributed by atoms with Crippen molar-refractivity contribution in [3.05, 3.63) is 30.1 Å². The molecule has 1 heterocycles. The summed E-state index contributed by atoms with van der Waals surface area (Å²) in [6.45, 7) is 6.26. The van der Waals surface area contributed by atoms with Gasteiger partial charge in [-0.25, -0.2) is 0 Å². The van der Waals surface area contributed by atoms with Gasteiger partial charge in [0.05, 0.1) is 0 Å². The maximum Gasteiger partial charge on any atom is 0.0432 e. The Morgan fingerprint density at radius 1 is 1.46 bits per heavy atom. The molecule has 1 unspecified atom stereocenters. The standard InChI is InChI=1S/C11H18N2/c1-9(8-11(2,3)12)10-6-4-5-7-13-10/h4-7,9H,8,12H2,1-3H3. The van der Waals surface area contributed by atoms with Crippen molar-refractivity contribution in [2.45, 2.75) is 38.6 Å². The van der Waals surface area contributed by atoms with Crippen molar-refractivity contribution in [2.24, 2.45) is 5.73 Å². The normalized spacial score (nSPS) is 14.2. The van der Waals surface area contributed by atoms with Crippen LogP contribution in [-0.2, 0) is 0 Å². The number of nitrogens with two attached hydrogens (primary N) is 1. The predicted molar refractivity (Wildman–Crippen MR) is 55.5 cm³/mol. The Bertz CT molecular complexity index is 249. The van der Waals surface area contributed by atoms with E-state index in [4.69, 9.17) is 5.73 Å². The van der Waals surface area contributed by atoms with Crippen LogP contribution in [0, 0.1) is 0 Å². The van der Waals surface area contributed by atoms with Crippen molar-refractivity contribution < 1.29 is 0 Å². The molecule has 0 aliphatic heterocycles. The quantitative estimate of drug-likeness (QED) is 0.771. The molecule has 0 spiro atoms. The average Bonchev–Trinajstić information content (AvgIpc) is 2.03. The van der Waals surface area contributed by atoms with Gasteiger partial charge in [-0.3, -0.25) is 4.98 Å². The highest BCUT2D eigenvalue weighted by Crippen LogP contribution is 2.21. The molecule has 0 fully saturated rings. The second-order valence-corrected chi connectivity index (χ2v) is 4.35. The fraction of sp³-hybridized carbons (Fsp3) is 0.545. The average molecular weight is 178 g/mol. The molecule has 0 aliphatic rings. The molecule has 2 N–H and O–H groups in total. The molecule has 0 radical (unpaired) electrons. The van der Waals surface area contributed by atoms with Crippen LogP contribution in [0.1, 0.15) is 38.8 Å². The molecule has 0 bridgehead atoms. The van der Waals surface area contributed by atoms with Crippen LogP contribution in [0.15, 0.2) is 24.4 Å². The van der Waals surface area contributed by atoms with Crippen molar-refractivity contribution in [3.8, 4) is 0 Å². The lowest BCUT2D eigenvalue weighted by Gasteiger charge is -2.22. The van der Waals surface area contributed by atoms with Gasteiger partial charge in [-0.2, -0.15) is 0 Å². The molecule has 2 heteroatoms. The lowest BCUT2D eigenvalue weighted by atomic mass is 9.90. The van der Waals surface area contributed by atoms with E-state index in [-0.39, 0.29) is 5.54 Å². The third kappa shape index (κ3) is 3.55. The fourth-order valence-corrected chi connectivity index (χ4v) is 1.56. The Morgan fingerprint density at radius 3 is 2.62 bits per heavy atom. The van der Waals surface area contributed by atoms with Gasteiger partial charge < -0.3 is 5.73 Å². The Hall–Kier alpha value is -0.890. The van der Waals surface area contributed by atoms with E-state index in [0.717, 1.165) is 12.1 Å². The molecular formula is C11H18N2. The van der Waals surface area contributed by atoms with Crippen LogP contribution in [0.5, 0.6) is 0 Å². The van der Waals surface area contributed by atoms with Gasteiger partial charge in [0.15, 0.2) is 0 Å². The monoisotopic (exact) mass is 178 g/mol. The molecule has 1 rings (SSSR count). The summed E-state index contributed by atoms with van der Waals surface area (Å²) in [6.07, 6.45) is 2.79. The topological polar surface area (TPSA) is 38.9 Å². The van der Waals surface area contributed by atoms with Crippen molar-refractivity contribution in [1.29, 1.82) is 0 Å². The Kier molecular flexibility index (Phi) is 3.04. The SMILES string of the molecule is CC(CC(C)(C)N)c1ccccn1. The van der Waals surface area contributed by atoms with Crippen molar-refractivity contribution in [3.63, 3.8) is 0 Å². The minimum Gasteiger partial charge on any atom is -0.326 e. The molecular weight excluding hydrogens is 160 g/mol. The van der Waals surface area contributed by atoms with E-state index in [1.54, 1.807) is 0 Å². The summed E-state index contributed by atoms with van der Waals surface area (Å²) in [5.74, 6) is 0.432. The number of aromatic nitrogens is 1. The first kappa shape index (κ1) is 10.2. The van der Waals surface area contributed by atoms with E-state index in [0.29, 0.717) is 5.92 Å². The van der Waals surface area contributed by atoms with Crippen LogP contribution in [-0.4, -0.2) is 10.5 Å². The molecule has 0 amide bonds. The van der Waals surface area contributed by atoms with Crippen LogP contribution in [0.3, 0.4) is 0 Å².